The molecule has 1 aliphatic heterocycles. The molecule has 1 fully saturated rings. The van der Waals surface area contributed by atoms with Gasteiger partial charge in [-0.15, -0.1) is 0 Å². The summed E-state index contributed by atoms with van der Waals surface area (Å²) < 4.78 is 5.60. The number of benzene rings is 1. The van der Waals surface area contributed by atoms with Gasteiger partial charge < -0.3 is 20.0 Å². The summed E-state index contributed by atoms with van der Waals surface area (Å²) in [6, 6.07) is 4.15. The van der Waals surface area contributed by atoms with Crippen LogP contribution in [-0.2, 0) is 11.2 Å². The van der Waals surface area contributed by atoms with Gasteiger partial charge in [0, 0.05) is 43.7 Å². The van der Waals surface area contributed by atoms with Crippen LogP contribution in [-0.4, -0.2) is 50.1 Å². The Bertz CT molecular complexity index is 702. The van der Waals surface area contributed by atoms with Crippen LogP contribution >= 0.6 is 0 Å². The van der Waals surface area contributed by atoms with E-state index >= 15 is 0 Å². The number of hydrogen-bond donors (Lipinski definition) is 2. The third-order valence-corrected chi connectivity index (χ3v) is 4.80. The lowest BCUT2D eigenvalue weighted by Crippen LogP contribution is -2.44. The van der Waals surface area contributed by atoms with Gasteiger partial charge in [0.1, 0.15) is 5.58 Å². The molecular weight excluding hydrogens is 302 g/mol. The SMILES string of the molecule is Cc1cc2occ(CC(=O)NCCCN3CCNCC3)c2cc1C. The Morgan fingerprint density at radius 2 is 2.00 bits per heavy atom. The summed E-state index contributed by atoms with van der Waals surface area (Å²) in [6.45, 7) is 10.3. The van der Waals surface area contributed by atoms with Crippen molar-refractivity contribution in [2.75, 3.05) is 39.3 Å². The average Bonchev–Trinajstić information content (AvgIpc) is 2.95. The Kier molecular flexibility index (Phi) is 5.53. The summed E-state index contributed by atoms with van der Waals surface area (Å²) in [5, 5.41) is 7.43. The van der Waals surface area contributed by atoms with Gasteiger partial charge in [0.2, 0.25) is 5.91 Å². The lowest BCUT2D eigenvalue weighted by Gasteiger charge is -2.27. The number of nitrogens with zero attached hydrogens (tertiary/aromatic N) is 1. The van der Waals surface area contributed by atoms with Crippen LogP contribution < -0.4 is 10.6 Å². The van der Waals surface area contributed by atoms with Crippen LogP contribution in [0.15, 0.2) is 22.8 Å². The van der Waals surface area contributed by atoms with Crippen molar-refractivity contribution in [2.45, 2.75) is 26.7 Å². The number of fused-ring (bicyclic) bond motifs is 1. The van der Waals surface area contributed by atoms with Crippen molar-refractivity contribution in [2.24, 2.45) is 0 Å². The van der Waals surface area contributed by atoms with Crippen LogP contribution in [0.4, 0.5) is 0 Å². The average molecular weight is 329 g/mol. The third-order valence-electron chi connectivity index (χ3n) is 4.80. The zero-order valence-corrected chi connectivity index (χ0v) is 14.7. The highest BCUT2D eigenvalue weighted by molar-refractivity contribution is 5.88. The van der Waals surface area contributed by atoms with Crippen molar-refractivity contribution in [1.82, 2.24) is 15.5 Å². The Morgan fingerprint density at radius 3 is 2.79 bits per heavy atom. The van der Waals surface area contributed by atoms with Crippen LogP contribution in [0.25, 0.3) is 11.0 Å². The quantitative estimate of drug-likeness (QED) is 0.796. The van der Waals surface area contributed by atoms with Crippen molar-refractivity contribution in [3.8, 4) is 0 Å². The molecule has 0 atom stereocenters. The first-order valence-electron chi connectivity index (χ1n) is 8.80. The van der Waals surface area contributed by atoms with Crippen molar-refractivity contribution in [1.29, 1.82) is 0 Å². The van der Waals surface area contributed by atoms with Crippen molar-refractivity contribution < 1.29 is 9.21 Å². The maximum atomic E-state index is 12.2. The van der Waals surface area contributed by atoms with E-state index in [1.807, 2.05) is 6.07 Å². The Labute approximate surface area is 143 Å². The summed E-state index contributed by atoms with van der Waals surface area (Å²) in [7, 11) is 0. The number of hydrogen-bond acceptors (Lipinski definition) is 4. The number of furan rings is 1. The fraction of sp³-hybridized carbons (Fsp3) is 0.526. The monoisotopic (exact) mass is 329 g/mol. The summed E-state index contributed by atoms with van der Waals surface area (Å²) in [4.78, 5) is 14.6. The molecule has 0 aliphatic carbocycles. The molecule has 1 aromatic carbocycles. The molecule has 5 nitrogen and oxygen atoms in total. The number of piperazine rings is 1. The van der Waals surface area contributed by atoms with E-state index in [2.05, 4.69) is 35.4 Å². The third kappa shape index (κ3) is 4.16. The van der Waals surface area contributed by atoms with Crippen LogP contribution in [0.3, 0.4) is 0 Å². The minimum atomic E-state index is 0.0660. The summed E-state index contributed by atoms with van der Waals surface area (Å²) in [5.74, 6) is 0.0660. The number of aryl methyl sites for hydroxylation is 2. The van der Waals surface area contributed by atoms with Crippen LogP contribution in [0.1, 0.15) is 23.1 Å². The highest BCUT2D eigenvalue weighted by atomic mass is 16.3. The number of carbonyl (C=O) groups is 1. The highest BCUT2D eigenvalue weighted by Gasteiger charge is 2.12. The van der Waals surface area contributed by atoms with Gasteiger partial charge in [-0.1, -0.05) is 0 Å². The fourth-order valence-electron chi connectivity index (χ4n) is 3.17. The Hall–Kier alpha value is -1.85. The van der Waals surface area contributed by atoms with Gasteiger partial charge in [-0.2, -0.15) is 0 Å². The molecule has 1 saturated heterocycles. The van der Waals surface area contributed by atoms with Gasteiger partial charge in [0.05, 0.1) is 12.7 Å². The maximum absolute atomic E-state index is 12.2. The largest absolute Gasteiger partial charge is 0.464 e. The summed E-state index contributed by atoms with van der Waals surface area (Å²) in [5.41, 5.74) is 4.26. The minimum absolute atomic E-state index is 0.0660. The molecule has 2 aromatic rings. The number of rotatable bonds is 6. The molecule has 2 N–H and O–H groups in total. The van der Waals surface area contributed by atoms with E-state index in [1.54, 1.807) is 6.26 Å². The number of carbonyl (C=O) groups excluding carboxylic acids is 1. The van der Waals surface area contributed by atoms with Gasteiger partial charge in [-0.3, -0.25) is 4.79 Å². The summed E-state index contributed by atoms with van der Waals surface area (Å²) >= 11 is 0. The molecule has 0 radical (unpaired) electrons. The van der Waals surface area contributed by atoms with Gasteiger partial charge in [0.15, 0.2) is 0 Å². The van der Waals surface area contributed by atoms with E-state index < -0.39 is 0 Å². The fourth-order valence-corrected chi connectivity index (χ4v) is 3.17. The second-order valence-corrected chi connectivity index (χ2v) is 6.67. The first-order valence-corrected chi connectivity index (χ1v) is 8.80. The zero-order chi connectivity index (χ0) is 16.9. The second-order valence-electron chi connectivity index (χ2n) is 6.67. The van der Waals surface area contributed by atoms with E-state index in [-0.39, 0.29) is 5.91 Å². The molecule has 24 heavy (non-hydrogen) atoms. The first kappa shape index (κ1) is 17.0. The predicted molar refractivity (Wildman–Crippen MR) is 96.3 cm³/mol. The van der Waals surface area contributed by atoms with Crippen molar-refractivity contribution >= 4 is 16.9 Å². The van der Waals surface area contributed by atoms with E-state index in [9.17, 15) is 4.79 Å². The minimum Gasteiger partial charge on any atom is -0.464 e. The van der Waals surface area contributed by atoms with Crippen LogP contribution in [0.5, 0.6) is 0 Å². The standard InChI is InChI=1S/C19H27N3O2/c1-14-10-17-16(13-24-18(17)11-15(14)2)12-19(23)21-4-3-7-22-8-5-20-6-9-22/h10-11,13,20H,3-9,12H2,1-2H3,(H,21,23). The molecule has 5 heteroatoms. The van der Waals surface area contributed by atoms with E-state index in [0.29, 0.717) is 6.42 Å². The second kappa shape index (κ2) is 7.81. The smallest absolute Gasteiger partial charge is 0.224 e. The number of amides is 1. The lowest BCUT2D eigenvalue weighted by molar-refractivity contribution is -0.120. The lowest BCUT2D eigenvalue weighted by atomic mass is 10.0. The van der Waals surface area contributed by atoms with Crippen molar-refractivity contribution in [3.05, 3.63) is 35.1 Å². The number of nitrogens with one attached hydrogen (secondary N) is 2. The molecule has 1 aromatic heterocycles. The molecule has 0 bridgehead atoms. The highest BCUT2D eigenvalue weighted by Crippen LogP contribution is 2.25. The molecule has 1 amide bonds. The van der Waals surface area contributed by atoms with Gasteiger partial charge >= 0.3 is 0 Å². The van der Waals surface area contributed by atoms with E-state index in [4.69, 9.17) is 4.42 Å². The molecule has 0 spiro atoms. The van der Waals surface area contributed by atoms with Gasteiger partial charge in [-0.05, 0) is 50.1 Å². The molecule has 3 rings (SSSR count). The maximum Gasteiger partial charge on any atom is 0.224 e. The molecule has 0 unspecified atom stereocenters. The van der Waals surface area contributed by atoms with Crippen LogP contribution in [0, 0.1) is 13.8 Å². The molecule has 130 valence electrons. The Morgan fingerprint density at radius 1 is 1.25 bits per heavy atom. The summed E-state index contributed by atoms with van der Waals surface area (Å²) in [6.07, 6.45) is 3.09. The van der Waals surface area contributed by atoms with Gasteiger partial charge in [-0.25, -0.2) is 0 Å². The van der Waals surface area contributed by atoms with Crippen molar-refractivity contribution in [3.63, 3.8) is 0 Å². The molecular formula is C19H27N3O2. The van der Waals surface area contributed by atoms with Gasteiger partial charge in [0.25, 0.3) is 0 Å². The zero-order valence-electron chi connectivity index (χ0n) is 14.7. The Balaban J connectivity index is 1.47. The molecule has 0 saturated carbocycles. The van der Waals surface area contributed by atoms with E-state index in [1.165, 1.54) is 11.1 Å². The molecule has 1 aliphatic rings. The predicted octanol–water partition coefficient (Wildman–Crippen LogP) is 2.00. The van der Waals surface area contributed by atoms with Crippen LogP contribution in [0.2, 0.25) is 0 Å². The molecule has 2 heterocycles. The first-order chi connectivity index (χ1) is 11.6. The topological polar surface area (TPSA) is 57.5 Å². The van der Waals surface area contributed by atoms with E-state index in [0.717, 1.165) is 62.2 Å². The normalized spacial score (nSPS) is 15.8.